The summed E-state index contributed by atoms with van der Waals surface area (Å²) in [6, 6.07) is 15.7. The van der Waals surface area contributed by atoms with Crippen LogP contribution in [0.2, 0.25) is 0 Å². The molecule has 0 bridgehead atoms. The molecule has 1 unspecified atom stereocenters. The Balaban J connectivity index is 1.41. The van der Waals surface area contributed by atoms with Crippen LogP contribution in [0.4, 0.5) is 5.82 Å². The summed E-state index contributed by atoms with van der Waals surface area (Å²) in [5, 5.41) is 11.4. The molecule has 8 heteroatoms. The molecule has 4 rings (SSSR count). The fraction of sp³-hybridized carbons (Fsp3) is 0.227. The molecular weight excluding hydrogens is 448 g/mol. The molecule has 0 saturated carbocycles. The number of hydrogen-bond acceptors (Lipinski definition) is 5. The number of methoxy groups -OCH3 is 1. The number of carbonyl (C=O) groups is 1. The van der Waals surface area contributed by atoms with Crippen LogP contribution in [0.1, 0.15) is 23.1 Å². The molecule has 30 heavy (non-hydrogen) atoms. The molecule has 7 nitrogen and oxygen atoms in total. The minimum Gasteiger partial charge on any atom is -0.496 e. The lowest BCUT2D eigenvalue weighted by Crippen LogP contribution is -2.28. The van der Waals surface area contributed by atoms with Crippen molar-refractivity contribution in [2.75, 3.05) is 12.4 Å². The normalized spacial score (nSPS) is 15.4. The zero-order valence-corrected chi connectivity index (χ0v) is 18.2. The van der Waals surface area contributed by atoms with Crippen LogP contribution in [0.3, 0.4) is 0 Å². The topological polar surface area (TPSA) is 77.7 Å². The summed E-state index contributed by atoms with van der Waals surface area (Å²) < 4.78 is 7.85. The predicted octanol–water partition coefficient (Wildman–Crippen LogP) is 4.14. The Morgan fingerprint density at radius 1 is 1.30 bits per heavy atom. The summed E-state index contributed by atoms with van der Waals surface area (Å²) >= 11 is 3.47. The SMILES string of the molecule is COc1ccccc1C1=NOC(C(=O)Nc2nn(Cc3cccc(C)c3)cc2Br)C1. The monoisotopic (exact) mass is 468 g/mol. The first-order chi connectivity index (χ1) is 14.5. The van der Waals surface area contributed by atoms with Gasteiger partial charge in [-0.2, -0.15) is 5.10 Å². The van der Waals surface area contributed by atoms with Gasteiger partial charge in [0.25, 0.3) is 5.91 Å². The van der Waals surface area contributed by atoms with Gasteiger partial charge >= 0.3 is 0 Å². The molecule has 1 aliphatic rings. The summed E-state index contributed by atoms with van der Waals surface area (Å²) in [5.41, 5.74) is 3.82. The van der Waals surface area contributed by atoms with Gasteiger partial charge in [0.05, 0.1) is 23.8 Å². The van der Waals surface area contributed by atoms with Gasteiger partial charge in [-0.15, -0.1) is 0 Å². The minimum atomic E-state index is -0.723. The molecular formula is C22H21BrN4O3. The molecule has 1 atom stereocenters. The molecule has 0 saturated heterocycles. The number of anilines is 1. The third kappa shape index (κ3) is 4.38. The van der Waals surface area contributed by atoms with Crippen LogP contribution in [0.5, 0.6) is 5.75 Å². The van der Waals surface area contributed by atoms with E-state index in [2.05, 4.69) is 50.6 Å². The van der Waals surface area contributed by atoms with Crippen molar-refractivity contribution in [2.24, 2.45) is 5.16 Å². The van der Waals surface area contributed by atoms with Gasteiger partial charge in [-0.3, -0.25) is 9.48 Å². The largest absolute Gasteiger partial charge is 0.496 e. The van der Waals surface area contributed by atoms with Gasteiger partial charge in [-0.05, 0) is 40.5 Å². The molecule has 1 aromatic heterocycles. The zero-order chi connectivity index (χ0) is 21.1. The maximum Gasteiger partial charge on any atom is 0.269 e. The number of halogens is 1. The summed E-state index contributed by atoms with van der Waals surface area (Å²) in [6.45, 7) is 2.66. The van der Waals surface area contributed by atoms with Crippen LogP contribution in [0.25, 0.3) is 0 Å². The first-order valence-electron chi connectivity index (χ1n) is 9.49. The average molecular weight is 469 g/mol. The van der Waals surface area contributed by atoms with E-state index in [0.29, 0.717) is 34.7 Å². The van der Waals surface area contributed by atoms with Crippen LogP contribution < -0.4 is 10.1 Å². The van der Waals surface area contributed by atoms with Gasteiger partial charge in [0.2, 0.25) is 6.10 Å². The van der Waals surface area contributed by atoms with Crippen molar-refractivity contribution in [2.45, 2.75) is 26.0 Å². The Morgan fingerprint density at radius 3 is 2.93 bits per heavy atom. The van der Waals surface area contributed by atoms with Crippen LogP contribution in [0, 0.1) is 6.92 Å². The maximum absolute atomic E-state index is 12.7. The average Bonchev–Trinajstić information content (AvgIpc) is 3.35. The van der Waals surface area contributed by atoms with E-state index in [-0.39, 0.29) is 5.91 Å². The fourth-order valence-electron chi connectivity index (χ4n) is 3.32. The second-order valence-corrected chi connectivity index (χ2v) is 7.89. The minimum absolute atomic E-state index is 0.301. The summed E-state index contributed by atoms with van der Waals surface area (Å²) in [4.78, 5) is 18.1. The lowest BCUT2D eigenvalue weighted by molar-refractivity contribution is -0.125. The quantitative estimate of drug-likeness (QED) is 0.589. The van der Waals surface area contributed by atoms with Gasteiger partial charge in [-0.25, -0.2) is 0 Å². The number of amides is 1. The highest BCUT2D eigenvalue weighted by molar-refractivity contribution is 9.10. The molecule has 154 valence electrons. The Morgan fingerprint density at radius 2 is 2.13 bits per heavy atom. The Bertz CT molecular complexity index is 1110. The highest BCUT2D eigenvalue weighted by Crippen LogP contribution is 2.26. The standard InChI is InChI=1S/C22H21BrN4O3/c1-14-6-5-7-15(10-14)12-27-13-17(23)21(25-27)24-22(28)20-11-18(26-30-20)16-8-3-4-9-19(16)29-2/h3-10,13,20H,11-12H2,1-2H3,(H,24,25,28). The Labute approximate surface area is 182 Å². The van der Waals surface area contributed by atoms with Crippen molar-refractivity contribution in [3.63, 3.8) is 0 Å². The van der Waals surface area contributed by atoms with Gasteiger partial charge < -0.3 is 14.9 Å². The first-order valence-corrected chi connectivity index (χ1v) is 10.3. The molecule has 1 amide bonds. The number of rotatable bonds is 6. The van der Waals surface area contributed by atoms with Crippen molar-refractivity contribution in [1.29, 1.82) is 0 Å². The van der Waals surface area contributed by atoms with E-state index in [0.717, 1.165) is 11.1 Å². The lowest BCUT2D eigenvalue weighted by atomic mass is 10.0. The van der Waals surface area contributed by atoms with Gasteiger partial charge in [0, 0.05) is 18.2 Å². The summed E-state index contributed by atoms with van der Waals surface area (Å²) in [7, 11) is 1.60. The number of hydrogen-bond donors (Lipinski definition) is 1. The number of oxime groups is 1. The number of aromatic nitrogens is 2. The summed E-state index contributed by atoms with van der Waals surface area (Å²) in [5.74, 6) is 0.839. The molecule has 0 fully saturated rings. The van der Waals surface area contributed by atoms with Crippen molar-refractivity contribution < 1.29 is 14.4 Å². The first kappa shape index (κ1) is 20.2. The van der Waals surface area contributed by atoms with E-state index in [9.17, 15) is 4.79 Å². The molecule has 0 aliphatic carbocycles. The smallest absolute Gasteiger partial charge is 0.269 e. The van der Waals surface area contributed by atoms with E-state index in [1.807, 2.05) is 42.6 Å². The Hall–Kier alpha value is -3.13. The van der Waals surface area contributed by atoms with Crippen LogP contribution in [-0.2, 0) is 16.2 Å². The third-order valence-corrected chi connectivity index (χ3v) is 5.35. The number of nitrogens with one attached hydrogen (secondary N) is 1. The van der Waals surface area contributed by atoms with E-state index >= 15 is 0 Å². The van der Waals surface area contributed by atoms with Gasteiger partial charge in [-0.1, -0.05) is 47.1 Å². The molecule has 2 heterocycles. The Kier molecular flexibility index (Phi) is 5.85. The molecule has 2 aromatic carbocycles. The van der Waals surface area contributed by atoms with Gasteiger partial charge in [0.1, 0.15) is 5.75 Å². The molecule has 0 spiro atoms. The predicted molar refractivity (Wildman–Crippen MR) is 118 cm³/mol. The van der Waals surface area contributed by atoms with Crippen molar-refractivity contribution in [3.05, 3.63) is 75.9 Å². The third-order valence-electron chi connectivity index (χ3n) is 4.76. The zero-order valence-electron chi connectivity index (χ0n) is 16.6. The number of para-hydroxylation sites is 1. The second kappa shape index (κ2) is 8.71. The molecule has 1 aliphatic heterocycles. The lowest BCUT2D eigenvalue weighted by Gasteiger charge is -2.09. The second-order valence-electron chi connectivity index (χ2n) is 7.04. The number of nitrogens with zero attached hydrogens (tertiary/aromatic N) is 3. The fourth-order valence-corrected chi connectivity index (χ4v) is 3.73. The van der Waals surface area contributed by atoms with E-state index in [1.54, 1.807) is 11.8 Å². The molecule has 3 aromatic rings. The number of aryl methyl sites for hydroxylation is 1. The van der Waals surface area contributed by atoms with Gasteiger partial charge in [0.15, 0.2) is 5.82 Å². The summed E-state index contributed by atoms with van der Waals surface area (Å²) in [6.07, 6.45) is 1.47. The van der Waals surface area contributed by atoms with E-state index in [4.69, 9.17) is 9.57 Å². The van der Waals surface area contributed by atoms with E-state index < -0.39 is 6.10 Å². The highest BCUT2D eigenvalue weighted by atomic mass is 79.9. The van der Waals surface area contributed by atoms with Crippen LogP contribution in [-0.4, -0.2) is 34.6 Å². The van der Waals surface area contributed by atoms with Crippen LogP contribution >= 0.6 is 15.9 Å². The van der Waals surface area contributed by atoms with E-state index in [1.165, 1.54) is 5.56 Å². The van der Waals surface area contributed by atoms with Crippen LogP contribution in [0.15, 0.2) is 64.4 Å². The molecule has 0 radical (unpaired) electrons. The maximum atomic E-state index is 12.7. The van der Waals surface area contributed by atoms with Crippen molar-refractivity contribution in [3.8, 4) is 5.75 Å². The van der Waals surface area contributed by atoms with Crippen molar-refractivity contribution >= 4 is 33.4 Å². The number of carbonyl (C=O) groups excluding carboxylic acids is 1. The number of benzene rings is 2. The number of ether oxygens (including phenoxy) is 1. The van der Waals surface area contributed by atoms with Crippen molar-refractivity contribution in [1.82, 2.24) is 9.78 Å². The molecule has 1 N–H and O–H groups in total. The highest BCUT2D eigenvalue weighted by Gasteiger charge is 2.31.